The van der Waals surface area contributed by atoms with Crippen LogP contribution in [0.2, 0.25) is 0 Å². The Balaban J connectivity index is 1.64. The monoisotopic (exact) mass is 342 g/mol. The molecule has 3 rings (SSSR count). The van der Waals surface area contributed by atoms with Gasteiger partial charge in [0.2, 0.25) is 0 Å². The maximum atomic E-state index is 13.6. The van der Waals surface area contributed by atoms with Gasteiger partial charge in [-0.3, -0.25) is 9.59 Å². The average molecular weight is 342 g/mol. The molecule has 2 aromatic carbocycles. The second-order valence-electron chi connectivity index (χ2n) is 6.09. The number of aryl methyl sites for hydroxylation is 1. The number of aliphatic hydroxyl groups excluding tert-OH is 1. The number of amides is 2. The maximum Gasteiger partial charge on any atom is 0.316 e. The molecule has 0 aromatic heterocycles. The molecule has 1 unspecified atom stereocenters. The van der Waals surface area contributed by atoms with Gasteiger partial charge in [-0.25, -0.2) is 4.39 Å². The van der Waals surface area contributed by atoms with Gasteiger partial charge in [0.1, 0.15) is 5.82 Å². The number of anilines is 1. The van der Waals surface area contributed by atoms with Crippen LogP contribution in [0, 0.1) is 12.7 Å². The number of halogens is 1. The van der Waals surface area contributed by atoms with E-state index in [-0.39, 0.29) is 12.1 Å². The Morgan fingerprint density at radius 1 is 1.28 bits per heavy atom. The van der Waals surface area contributed by atoms with Crippen molar-refractivity contribution >= 4 is 17.5 Å². The van der Waals surface area contributed by atoms with Gasteiger partial charge in [-0.2, -0.15) is 0 Å². The third-order valence-electron chi connectivity index (χ3n) is 4.30. The van der Waals surface area contributed by atoms with Gasteiger partial charge in [-0.15, -0.1) is 0 Å². The number of hydrogen-bond donors (Lipinski definition) is 2. The van der Waals surface area contributed by atoms with E-state index in [0.717, 1.165) is 16.8 Å². The molecule has 5 nitrogen and oxygen atoms in total. The Kier molecular flexibility index (Phi) is 4.81. The van der Waals surface area contributed by atoms with Gasteiger partial charge in [-0.05, 0) is 36.6 Å². The molecule has 0 spiro atoms. The third-order valence-corrected chi connectivity index (χ3v) is 4.30. The van der Waals surface area contributed by atoms with Crippen molar-refractivity contribution < 1.29 is 19.1 Å². The molecule has 0 aliphatic carbocycles. The van der Waals surface area contributed by atoms with Gasteiger partial charge in [0.05, 0.1) is 6.10 Å². The zero-order chi connectivity index (χ0) is 18.0. The van der Waals surface area contributed by atoms with Gasteiger partial charge >= 0.3 is 11.8 Å². The summed E-state index contributed by atoms with van der Waals surface area (Å²) in [5, 5.41) is 12.4. The van der Waals surface area contributed by atoms with Crippen LogP contribution in [0.15, 0.2) is 42.5 Å². The van der Waals surface area contributed by atoms with E-state index < -0.39 is 23.7 Å². The lowest BCUT2D eigenvalue weighted by Gasteiger charge is -2.18. The van der Waals surface area contributed by atoms with Crippen LogP contribution < -0.4 is 10.2 Å². The van der Waals surface area contributed by atoms with Crippen LogP contribution in [0.3, 0.4) is 0 Å². The molecule has 0 fully saturated rings. The number of hydrogen-bond acceptors (Lipinski definition) is 3. The number of fused-ring (bicyclic) bond motifs is 1. The standard InChI is InChI=1S/C19H19FN2O3/c1-12-6-7-13-8-9-22(16(13)10-12)19(25)18(24)21-11-17(23)14-4-2-3-5-15(14)20/h2-7,10,17,23H,8-9,11H2,1H3,(H,21,24). The van der Waals surface area contributed by atoms with Crippen LogP contribution in [0.1, 0.15) is 22.8 Å². The minimum absolute atomic E-state index is 0.0809. The molecule has 2 N–H and O–H groups in total. The largest absolute Gasteiger partial charge is 0.386 e. The number of aliphatic hydroxyl groups is 1. The summed E-state index contributed by atoms with van der Waals surface area (Å²) in [5.74, 6) is -2.05. The van der Waals surface area contributed by atoms with E-state index in [4.69, 9.17) is 0 Å². The Labute approximate surface area is 145 Å². The Hall–Kier alpha value is -2.73. The van der Waals surface area contributed by atoms with Crippen LogP contribution in [0.25, 0.3) is 0 Å². The van der Waals surface area contributed by atoms with Crippen LogP contribution in [-0.2, 0) is 16.0 Å². The maximum absolute atomic E-state index is 13.6. The molecule has 0 bridgehead atoms. The zero-order valence-corrected chi connectivity index (χ0v) is 13.8. The number of nitrogens with zero attached hydrogens (tertiary/aromatic N) is 1. The summed E-state index contributed by atoms with van der Waals surface area (Å²) < 4.78 is 13.6. The fraction of sp³-hybridized carbons (Fsp3) is 0.263. The number of rotatable bonds is 3. The predicted molar refractivity (Wildman–Crippen MR) is 91.6 cm³/mol. The van der Waals surface area contributed by atoms with Gasteiger partial charge in [0.25, 0.3) is 0 Å². The Morgan fingerprint density at radius 2 is 2.04 bits per heavy atom. The number of nitrogens with one attached hydrogen (secondary N) is 1. The molecule has 1 heterocycles. The highest BCUT2D eigenvalue weighted by atomic mass is 19.1. The summed E-state index contributed by atoms with van der Waals surface area (Å²) in [5.41, 5.74) is 2.86. The van der Waals surface area contributed by atoms with Crippen molar-refractivity contribution in [3.63, 3.8) is 0 Å². The van der Waals surface area contributed by atoms with Crippen LogP contribution >= 0.6 is 0 Å². The van der Waals surface area contributed by atoms with Crippen molar-refractivity contribution in [2.75, 3.05) is 18.0 Å². The first-order valence-electron chi connectivity index (χ1n) is 8.09. The lowest BCUT2D eigenvalue weighted by molar-refractivity contribution is -0.137. The molecule has 1 atom stereocenters. The predicted octanol–water partition coefficient (Wildman–Crippen LogP) is 1.87. The molecule has 6 heteroatoms. The fourth-order valence-electron chi connectivity index (χ4n) is 2.94. The number of benzene rings is 2. The number of carbonyl (C=O) groups is 2. The van der Waals surface area contributed by atoms with E-state index >= 15 is 0 Å². The molecule has 0 radical (unpaired) electrons. The van der Waals surface area contributed by atoms with Crippen molar-refractivity contribution in [2.24, 2.45) is 0 Å². The van der Waals surface area contributed by atoms with Gasteiger partial charge in [0, 0.05) is 24.3 Å². The van der Waals surface area contributed by atoms with E-state index in [0.29, 0.717) is 13.0 Å². The fourth-order valence-corrected chi connectivity index (χ4v) is 2.94. The van der Waals surface area contributed by atoms with Crippen molar-refractivity contribution in [3.8, 4) is 0 Å². The van der Waals surface area contributed by atoms with Crippen molar-refractivity contribution in [2.45, 2.75) is 19.4 Å². The molecule has 2 amide bonds. The van der Waals surface area contributed by atoms with E-state index in [1.54, 1.807) is 6.07 Å². The molecule has 2 aromatic rings. The van der Waals surface area contributed by atoms with Crippen LogP contribution in [0.5, 0.6) is 0 Å². The third kappa shape index (κ3) is 3.53. The topological polar surface area (TPSA) is 69.6 Å². The highest BCUT2D eigenvalue weighted by Crippen LogP contribution is 2.29. The first-order chi connectivity index (χ1) is 12.0. The second-order valence-corrected chi connectivity index (χ2v) is 6.09. The average Bonchev–Trinajstić information content (AvgIpc) is 3.02. The van der Waals surface area contributed by atoms with Crippen molar-refractivity contribution in [1.82, 2.24) is 5.32 Å². The lowest BCUT2D eigenvalue weighted by Crippen LogP contribution is -2.43. The summed E-state index contributed by atoms with van der Waals surface area (Å²) >= 11 is 0. The first kappa shape index (κ1) is 17.1. The van der Waals surface area contributed by atoms with Gasteiger partial charge < -0.3 is 15.3 Å². The highest BCUT2D eigenvalue weighted by molar-refractivity contribution is 6.40. The molecule has 0 saturated carbocycles. The van der Waals surface area contributed by atoms with Crippen LogP contribution in [0.4, 0.5) is 10.1 Å². The normalized spacial score (nSPS) is 14.1. The minimum atomic E-state index is -1.22. The molecular formula is C19H19FN2O3. The van der Waals surface area contributed by atoms with E-state index in [1.807, 2.05) is 25.1 Å². The summed E-state index contributed by atoms with van der Waals surface area (Å²) in [6.07, 6.45) is -0.516. The smallest absolute Gasteiger partial charge is 0.316 e. The van der Waals surface area contributed by atoms with Crippen molar-refractivity contribution in [1.29, 1.82) is 0 Å². The molecule has 1 aliphatic heterocycles. The number of carbonyl (C=O) groups excluding carboxylic acids is 2. The van der Waals surface area contributed by atoms with E-state index in [1.165, 1.54) is 23.1 Å². The molecule has 0 saturated heterocycles. The SMILES string of the molecule is Cc1ccc2c(c1)N(C(=O)C(=O)NCC(O)c1ccccc1F)CC2. The van der Waals surface area contributed by atoms with Gasteiger partial charge in [0.15, 0.2) is 0 Å². The molecule has 130 valence electrons. The highest BCUT2D eigenvalue weighted by Gasteiger charge is 2.29. The quantitative estimate of drug-likeness (QED) is 0.837. The van der Waals surface area contributed by atoms with E-state index in [9.17, 15) is 19.1 Å². The summed E-state index contributed by atoms with van der Waals surface area (Å²) in [6.45, 7) is 2.13. The zero-order valence-electron chi connectivity index (χ0n) is 13.8. The molecular weight excluding hydrogens is 323 g/mol. The van der Waals surface area contributed by atoms with Gasteiger partial charge in [-0.1, -0.05) is 30.3 Å². The summed E-state index contributed by atoms with van der Waals surface area (Å²) in [6, 6.07) is 11.6. The Morgan fingerprint density at radius 3 is 2.80 bits per heavy atom. The lowest BCUT2D eigenvalue weighted by atomic mass is 10.1. The Bertz CT molecular complexity index is 822. The van der Waals surface area contributed by atoms with E-state index in [2.05, 4.69) is 5.32 Å². The van der Waals surface area contributed by atoms with Crippen molar-refractivity contribution in [3.05, 3.63) is 65.0 Å². The minimum Gasteiger partial charge on any atom is -0.386 e. The second kappa shape index (κ2) is 7.03. The van der Waals surface area contributed by atoms with Crippen LogP contribution in [-0.4, -0.2) is 30.0 Å². The molecule has 1 aliphatic rings. The summed E-state index contributed by atoms with van der Waals surface area (Å²) in [7, 11) is 0. The first-order valence-corrected chi connectivity index (χ1v) is 8.09. The summed E-state index contributed by atoms with van der Waals surface area (Å²) in [4.78, 5) is 26.0. The molecule has 25 heavy (non-hydrogen) atoms.